The molecule has 1 atom stereocenters. The van der Waals surface area contributed by atoms with Crippen LogP contribution in [-0.2, 0) is 9.53 Å². The van der Waals surface area contributed by atoms with Crippen LogP contribution in [0.5, 0.6) is 0 Å². The number of hydrogen-bond acceptors (Lipinski definition) is 4. The van der Waals surface area contributed by atoms with Gasteiger partial charge < -0.3 is 19.6 Å². The molecule has 1 N–H and O–H groups in total. The van der Waals surface area contributed by atoms with Crippen molar-refractivity contribution < 1.29 is 32.6 Å². The Bertz CT molecular complexity index is 582. The summed E-state index contributed by atoms with van der Waals surface area (Å²) in [6.07, 6.45) is -3.97. The number of hydrogen-bond donors (Lipinski definition) is 1. The van der Waals surface area contributed by atoms with Crippen molar-refractivity contribution in [1.29, 1.82) is 0 Å². The van der Waals surface area contributed by atoms with Crippen LogP contribution < -0.4 is 0 Å². The summed E-state index contributed by atoms with van der Waals surface area (Å²) >= 11 is 0. The zero-order chi connectivity index (χ0) is 18.5. The smallest absolute Gasteiger partial charge is 0.410 e. The van der Waals surface area contributed by atoms with Gasteiger partial charge in [0.1, 0.15) is 12.0 Å². The van der Waals surface area contributed by atoms with Crippen molar-refractivity contribution in [2.45, 2.75) is 19.0 Å². The highest BCUT2D eigenvalue weighted by atomic mass is 19.4. The van der Waals surface area contributed by atoms with Gasteiger partial charge in [-0.2, -0.15) is 13.2 Å². The van der Waals surface area contributed by atoms with E-state index in [1.54, 1.807) is 0 Å². The van der Waals surface area contributed by atoms with Crippen molar-refractivity contribution in [1.82, 2.24) is 9.80 Å². The third kappa shape index (κ3) is 2.78. The van der Waals surface area contributed by atoms with Crippen LogP contribution in [0, 0.1) is 16.7 Å². The summed E-state index contributed by atoms with van der Waals surface area (Å²) < 4.78 is 44.3. The van der Waals surface area contributed by atoms with Crippen LogP contribution in [0.1, 0.15) is 12.8 Å². The second-order valence-corrected chi connectivity index (χ2v) is 7.23. The maximum absolute atomic E-state index is 13.1. The van der Waals surface area contributed by atoms with E-state index in [2.05, 4.69) is 6.58 Å². The molecule has 0 aromatic heterocycles. The molecule has 0 aromatic rings. The van der Waals surface area contributed by atoms with Crippen molar-refractivity contribution in [3.8, 4) is 0 Å². The zero-order valence-corrected chi connectivity index (χ0v) is 13.7. The van der Waals surface area contributed by atoms with Gasteiger partial charge in [-0.1, -0.05) is 12.7 Å². The van der Waals surface area contributed by atoms with Crippen LogP contribution in [0.25, 0.3) is 0 Å². The van der Waals surface area contributed by atoms with Gasteiger partial charge in [0.15, 0.2) is 0 Å². The molecular formula is C16H21F3N2O4. The number of carbonyl (C=O) groups excluding carboxylic acids is 2. The molecule has 0 aromatic carbocycles. The molecule has 3 rings (SSSR count). The number of carbonyl (C=O) groups is 2. The summed E-state index contributed by atoms with van der Waals surface area (Å²) in [5.41, 5.74) is -2.77. The summed E-state index contributed by atoms with van der Waals surface area (Å²) in [6, 6.07) is 0. The number of nitrogens with zero attached hydrogens (tertiary/aromatic N) is 2. The van der Waals surface area contributed by atoms with Gasteiger partial charge in [0.25, 0.3) is 0 Å². The van der Waals surface area contributed by atoms with E-state index in [1.807, 2.05) is 0 Å². The first-order valence-corrected chi connectivity index (χ1v) is 8.19. The normalized spacial score (nSPS) is 26.3. The summed E-state index contributed by atoms with van der Waals surface area (Å²) in [4.78, 5) is 26.9. The summed E-state index contributed by atoms with van der Waals surface area (Å²) in [5, 5.41) is 9.59. The molecule has 1 aliphatic carbocycles. The van der Waals surface area contributed by atoms with Crippen LogP contribution >= 0.6 is 0 Å². The quantitative estimate of drug-likeness (QED) is 0.768. The van der Waals surface area contributed by atoms with Crippen LogP contribution in [0.2, 0.25) is 0 Å². The van der Waals surface area contributed by atoms with Gasteiger partial charge >= 0.3 is 12.3 Å². The highest BCUT2D eigenvalue weighted by Gasteiger charge is 2.71. The Morgan fingerprint density at radius 1 is 1.24 bits per heavy atom. The third-order valence-electron chi connectivity index (χ3n) is 5.62. The number of aliphatic hydroxyl groups is 1. The number of likely N-dealkylation sites (tertiary alicyclic amines) is 2. The molecule has 2 saturated heterocycles. The molecule has 2 aliphatic heterocycles. The molecule has 1 unspecified atom stereocenters. The fourth-order valence-corrected chi connectivity index (χ4v) is 3.91. The molecule has 9 heteroatoms. The molecule has 1 saturated carbocycles. The Labute approximate surface area is 143 Å². The predicted octanol–water partition coefficient (Wildman–Crippen LogP) is 1.40. The van der Waals surface area contributed by atoms with Gasteiger partial charge in [0, 0.05) is 44.1 Å². The monoisotopic (exact) mass is 362 g/mol. The van der Waals surface area contributed by atoms with Crippen molar-refractivity contribution >= 4 is 12.0 Å². The van der Waals surface area contributed by atoms with Gasteiger partial charge in [-0.3, -0.25) is 4.79 Å². The minimum absolute atomic E-state index is 0.0604. The van der Waals surface area contributed by atoms with Gasteiger partial charge in [-0.25, -0.2) is 4.79 Å². The lowest BCUT2D eigenvalue weighted by molar-refractivity contribution is -0.205. The largest absolute Gasteiger partial charge is 0.445 e. The van der Waals surface area contributed by atoms with E-state index in [0.717, 1.165) is 0 Å². The SMILES string of the molecule is C=CCOC(=O)N1CC(CO)C2(C1)CN(C(=O)C1(C(F)(F)F)CC1)C2. The fourth-order valence-electron chi connectivity index (χ4n) is 3.91. The Balaban J connectivity index is 1.64. The highest BCUT2D eigenvalue weighted by Crippen LogP contribution is 2.60. The molecule has 2 heterocycles. The maximum atomic E-state index is 13.1. The van der Waals surface area contributed by atoms with Crippen molar-refractivity contribution in [2.24, 2.45) is 16.7 Å². The van der Waals surface area contributed by atoms with Crippen LogP contribution in [0.15, 0.2) is 12.7 Å². The molecule has 2 amide bonds. The second-order valence-electron chi connectivity index (χ2n) is 7.23. The maximum Gasteiger partial charge on any atom is 0.410 e. The predicted molar refractivity (Wildman–Crippen MR) is 80.4 cm³/mol. The molecule has 0 bridgehead atoms. The van der Waals surface area contributed by atoms with E-state index in [-0.39, 0.29) is 58.2 Å². The molecular weight excluding hydrogens is 341 g/mol. The highest BCUT2D eigenvalue weighted by molar-refractivity contribution is 5.87. The topological polar surface area (TPSA) is 70.1 Å². The first-order valence-electron chi connectivity index (χ1n) is 8.19. The average Bonchev–Trinajstić information content (AvgIpc) is 3.25. The second kappa shape index (κ2) is 5.89. The summed E-state index contributed by atoms with van der Waals surface area (Å²) in [5.74, 6) is -1.16. The van der Waals surface area contributed by atoms with Crippen LogP contribution in [0.4, 0.5) is 18.0 Å². The minimum Gasteiger partial charge on any atom is -0.445 e. The number of aliphatic hydroxyl groups excluding tert-OH is 1. The van der Waals surface area contributed by atoms with E-state index in [4.69, 9.17) is 4.74 Å². The summed E-state index contributed by atoms with van der Waals surface area (Å²) in [6.45, 7) is 4.09. The molecule has 1 spiro atoms. The lowest BCUT2D eigenvalue weighted by atomic mass is 9.71. The van der Waals surface area contributed by atoms with E-state index in [0.29, 0.717) is 0 Å². The van der Waals surface area contributed by atoms with E-state index in [9.17, 15) is 27.9 Å². The molecule has 140 valence electrons. The van der Waals surface area contributed by atoms with Crippen molar-refractivity contribution in [2.75, 3.05) is 39.4 Å². The van der Waals surface area contributed by atoms with Crippen molar-refractivity contribution in [3.05, 3.63) is 12.7 Å². The van der Waals surface area contributed by atoms with E-state index in [1.165, 1.54) is 15.9 Å². The Morgan fingerprint density at radius 2 is 1.84 bits per heavy atom. The summed E-state index contributed by atoms with van der Waals surface area (Å²) in [7, 11) is 0. The lowest BCUT2D eigenvalue weighted by Crippen LogP contribution is -2.64. The van der Waals surface area contributed by atoms with E-state index < -0.39 is 29.0 Å². The third-order valence-corrected chi connectivity index (χ3v) is 5.62. The number of halogens is 3. The van der Waals surface area contributed by atoms with E-state index >= 15 is 0 Å². The number of rotatable bonds is 4. The van der Waals surface area contributed by atoms with Crippen LogP contribution in [-0.4, -0.2) is 72.5 Å². The Hall–Kier alpha value is -1.77. The average molecular weight is 362 g/mol. The van der Waals surface area contributed by atoms with Gasteiger partial charge in [-0.15, -0.1) is 0 Å². The zero-order valence-electron chi connectivity index (χ0n) is 13.7. The molecule has 25 heavy (non-hydrogen) atoms. The molecule has 3 fully saturated rings. The fraction of sp³-hybridized carbons (Fsp3) is 0.750. The standard InChI is InChI=1S/C16H21F3N2O4/c1-2-5-25-13(24)20-6-11(7-22)14(8-20)9-21(10-14)12(23)15(3-4-15)16(17,18)19/h2,11,22H,1,3-10H2. The first-order chi connectivity index (χ1) is 11.7. The molecule has 3 aliphatic rings. The number of amides is 2. The Kier molecular flexibility index (Phi) is 4.25. The van der Waals surface area contributed by atoms with Gasteiger partial charge in [0.05, 0.1) is 0 Å². The van der Waals surface area contributed by atoms with Crippen molar-refractivity contribution in [3.63, 3.8) is 0 Å². The lowest BCUT2D eigenvalue weighted by Gasteiger charge is -2.51. The number of alkyl halides is 3. The first kappa shape index (κ1) is 18.0. The van der Waals surface area contributed by atoms with Crippen LogP contribution in [0.3, 0.4) is 0 Å². The van der Waals surface area contributed by atoms with Gasteiger partial charge in [0.2, 0.25) is 5.91 Å². The van der Waals surface area contributed by atoms with Gasteiger partial charge in [-0.05, 0) is 12.8 Å². The minimum atomic E-state index is -4.53. The Morgan fingerprint density at radius 3 is 2.32 bits per heavy atom. The molecule has 0 radical (unpaired) electrons. The number of ether oxygens (including phenoxy) is 1. The molecule has 6 nitrogen and oxygen atoms in total.